The monoisotopic (exact) mass is 251 g/mol. The van der Waals surface area contributed by atoms with E-state index in [2.05, 4.69) is 31.7 Å². The van der Waals surface area contributed by atoms with Crippen LogP contribution in [0.2, 0.25) is 0 Å². The summed E-state index contributed by atoms with van der Waals surface area (Å²) in [5.41, 5.74) is 0. The first-order valence-electron chi connectivity index (χ1n) is 6.83. The summed E-state index contributed by atoms with van der Waals surface area (Å²) in [5.74, 6) is 1.11. The Bertz CT molecular complexity index is 341. The van der Waals surface area contributed by atoms with Crippen molar-refractivity contribution in [1.82, 2.24) is 24.7 Å². The van der Waals surface area contributed by atoms with Crippen molar-refractivity contribution < 1.29 is 0 Å². The predicted molar refractivity (Wildman–Crippen MR) is 73.5 cm³/mol. The van der Waals surface area contributed by atoms with E-state index in [1.165, 1.54) is 39.1 Å². The highest BCUT2D eigenvalue weighted by Crippen LogP contribution is 1.99. The molecule has 0 bridgehead atoms. The zero-order valence-electron chi connectivity index (χ0n) is 11.6. The molecule has 2 rings (SSSR count). The van der Waals surface area contributed by atoms with Crippen molar-refractivity contribution in [3.05, 3.63) is 18.2 Å². The molecule has 0 saturated carbocycles. The highest BCUT2D eigenvalue weighted by molar-refractivity contribution is 4.90. The fourth-order valence-electron chi connectivity index (χ4n) is 2.27. The van der Waals surface area contributed by atoms with Gasteiger partial charge in [-0.05, 0) is 26.6 Å². The second kappa shape index (κ2) is 6.87. The fourth-order valence-corrected chi connectivity index (χ4v) is 2.27. The third-order valence-corrected chi connectivity index (χ3v) is 3.63. The summed E-state index contributed by atoms with van der Waals surface area (Å²) in [7, 11) is 4.24. The number of hydrogen-bond acceptors (Lipinski definition) is 4. The number of aryl methyl sites for hydroxylation is 1. The minimum absolute atomic E-state index is 0.867. The molecule has 0 unspecified atom stereocenters. The van der Waals surface area contributed by atoms with Crippen LogP contribution >= 0.6 is 0 Å². The summed E-state index contributed by atoms with van der Waals surface area (Å²) in [6.45, 7) is 8.00. The maximum absolute atomic E-state index is 4.30. The van der Waals surface area contributed by atoms with Crippen molar-refractivity contribution in [1.29, 1.82) is 0 Å². The number of rotatable bonds is 6. The molecule has 2 heterocycles. The Morgan fingerprint density at radius 3 is 2.67 bits per heavy atom. The van der Waals surface area contributed by atoms with E-state index in [4.69, 9.17) is 0 Å². The van der Waals surface area contributed by atoms with Crippen LogP contribution in [0.5, 0.6) is 0 Å². The maximum Gasteiger partial charge on any atom is 0.122 e. The van der Waals surface area contributed by atoms with Gasteiger partial charge in [0, 0.05) is 45.6 Å². The molecular weight excluding hydrogens is 226 g/mol. The van der Waals surface area contributed by atoms with Gasteiger partial charge in [0.25, 0.3) is 0 Å². The zero-order valence-corrected chi connectivity index (χ0v) is 11.6. The first-order valence-corrected chi connectivity index (χ1v) is 6.83. The van der Waals surface area contributed by atoms with Crippen molar-refractivity contribution in [2.45, 2.75) is 13.0 Å². The first kappa shape index (κ1) is 13.5. The van der Waals surface area contributed by atoms with Crippen LogP contribution in [-0.4, -0.2) is 65.7 Å². The highest BCUT2D eigenvalue weighted by atomic mass is 15.2. The number of nitrogens with one attached hydrogen (secondary N) is 1. The van der Waals surface area contributed by atoms with Crippen LogP contribution in [0.3, 0.4) is 0 Å². The number of hydrogen-bond donors (Lipinski definition) is 1. The molecule has 1 aliphatic rings. The summed E-state index contributed by atoms with van der Waals surface area (Å²) in [4.78, 5) is 9.25. The van der Waals surface area contributed by atoms with Gasteiger partial charge in [-0.2, -0.15) is 0 Å². The quantitative estimate of drug-likeness (QED) is 0.730. The SMILES string of the molecule is CN1CCN(CCCNCc2nccn2C)CC1. The molecule has 0 atom stereocenters. The van der Waals surface area contributed by atoms with E-state index < -0.39 is 0 Å². The number of nitrogens with zero attached hydrogens (tertiary/aromatic N) is 4. The van der Waals surface area contributed by atoms with Gasteiger partial charge in [0.15, 0.2) is 0 Å². The molecule has 1 aliphatic heterocycles. The highest BCUT2D eigenvalue weighted by Gasteiger charge is 2.12. The van der Waals surface area contributed by atoms with Gasteiger partial charge >= 0.3 is 0 Å². The summed E-state index contributed by atoms with van der Waals surface area (Å²) in [5, 5.41) is 3.46. The Hall–Kier alpha value is -0.910. The Labute approximate surface area is 110 Å². The average molecular weight is 251 g/mol. The van der Waals surface area contributed by atoms with Crippen molar-refractivity contribution >= 4 is 0 Å². The Morgan fingerprint density at radius 2 is 2.00 bits per heavy atom. The third-order valence-electron chi connectivity index (χ3n) is 3.63. The standard InChI is InChI=1S/C13H25N5/c1-16-8-10-18(11-9-16)6-3-4-14-12-13-15-5-7-17(13)2/h5,7,14H,3-4,6,8-12H2,1-2H3. The molecule has 0 amide bonds. The molecule has 102 valence electrons. The van der Waals surface area contributed by atoms with Gasteiger partial charge in [0.05, 0.1) is 6.54 Å². The van der Waals surface area contributed by atoms with Crippen molar-refractivity contribution in [3.8, 4) is 0 Å². The van der Waals surface area contributed by atoms with Crippen LogP contribution in [0.4, 0.5) is 0 Å². The van der Waals surface area contributed by atoms with Crippen LogP contribution < -0.4 is 5.32 Å². The maximum atomic E-state index is 4.30. The van der Waals surface area contributed by atoms with E-state index in [1.54, 1.807) is 0 Å². The second-order valence-corrected chi connectivity index (χ2v) is 5.13. The molecule has 0 aliphatic carbocycles. The average Bonchev–Trinajstić information content (AvgIpc) is 2.77. The van der Waals surface area contributed by atoms with Gasteiger partial charge < -0.3 is 19.7 Å². The molecule has 1 N–H and O–H groups in total. The van der Waals surface area contributed by atoms with E-state index in [-0.39, 0.29) is 0 Å². The summed E-state index contributed by atoms with van der Waals surface area (Å²) >= 11 is 0. The Kier molecular flexibility index (Phi) is 5.16. The second-order valence-electron chi connectivity index (χ2n) is 5.13. The molecule has 1 fully saturated rings. The predicted octanol–water partition coefficient (Wildman–Crippen LogP) is 0.147. The molecule has 1 saturated heterocycles. The van der Waals surface area contributed by atoms with Crippen LogP contribution in [0.15, 0.2) is 12.4 Å². The molecule has 0 aromatic carbocycles. The van der Waals surface area contributed by atoms with Crippen LogP contribution in [-0.2, 0) is 13.6 Å². The lowest BCUT2D eigenvalue weighted by molar-refractivity contribution is 0.152. The van der Waals surface area contributed by atoms with Gasteiger partial charge in [-0.3, -0.25) is 0 Å². The molecule has 5 nitrogen and oxygen atoms in total. The van der Waals surface area contributed by atoms with Crippen LogP contribution in [0, 0.1) is 0 Å². The molecule has 0 spiro atoms. The van der Waals surface area contributed by atoms with Gasteiger partial charge in [0.1, 0.15) is 5.82 Å². The molecule has 0 radical (unpaired) electrons. The Morgan fingerprint density at radius 1 is 1.22 bits per heavy atom. The van der Waals surface area contributed by atoms with E-state index in [1.807, 2.05) is 19.4 Å². The number of aromatic nitrogens is 2. The lowest BCUT2D eigenvalue weighted by Gasteiger charge is -2.32. The largest absolute Gasteiger partial charge is 0.337 e. The molecule has 1 aromatic rings. The molecular formula is C13H25N5. The normalized spacial score (nSPS) is 18.3. The van der Waals surface area contributed by atoms with Crippen molar-refractivity contribution in [3.63, 3.8) is 0 Å². The Balaban J connectivity index is 1.53. The first-order chi connectivity index (χ1) is 8.75. The minimum atomic E-state index is 0.867. The van der Waals surface area contributed by atoms with Gasteiger partial charge in [-0.1, -0.05) is 0 Å². The van der Waals surface area contributed by atoms with Gasteiger partial charge in [0.2, 0.25) is 0 Å². The number of likely N-dealkylation sites (N-methyl/N-ethyl adjacent to an activating group) is 1. The minimum Gasteiger partial charge on any atom is -0.337 e. The number of imidazole rings is 1. The number of piperazine rings is 1. The summed E-state index contributed by atoms with van der Waals surface area (Å²) in [6.07, 6.45) is 5.05. The van der Waals surface area contributed by atoms with Gasteiger partial charge in [-0.15, -0.1) is 0 Å². The molecule has 1 aromatic heterocycles. The topological polar surface area (TPSA) is 36.3 Å². The van der Waals surface area contributed by atoms with Crippen molar-refractivity contribution in [2.75, 3.05) is 46.3 Å². The van der Waals surface area contributed by atoms with E-state index in [9.17, 15) is 0 Å². The van der Waals surface area contributed by atoms with E-state index in [0.29, 0.717) is 0 Å². The van der Waals surface area contributed by atoms with Gasteiger partial charge in [-0.25, -0.2) is 4.98 Å². The smallest absolute Gasteiger partial charge is 0.122 e. The zero-order chi connectivity index (χ0) is 12.8. The van der Waals surface area contributed by atoms with Crippen LogP contribution in [0.25, 0.3) is 0 Å². The summed E-state index contributed by atoms with van der Waals surface area (Å²) < 4.78 is 2.06. The lowest BCUT2D eigenvalue weighted by Crippen LogP contribution is -2.45. The fraction of sp³-hybridized carbons (Fsp3) is 0.769. The van der Waals surface area contributed by atoms with Crippen molar-refractivity contribution in [2.24, 2.45) is 7.05 Å². The van der Waals surface area contributed by atoms with Crippen LogP contribution in [0.1, 0.15) is 12.2 Å². The lowest BCUT2D eigenvalue weighted by atomic mass is 10.3. The molecule has 18 heavy (non-hydrogen) atoms. The van der Waals surface area contributed by atoms with E-state index in [0.717, 1.165) is 18.9 Å². The van der Waals surface area contributed by atoms with E-state index >= 15 is 0 Å². The third kappa shape index (κ3) is 4.08. The molecule has 5 heteroatoms. The summed E-state index contributed by atoms with van der Waals surface area (Å²) in [6, 6.07) is 0.